The minimum Gasteiger partial charge on any atom is -0.324 e. The molecule has 1 heterocycles. The molecule has 3 N–H and O–H groups in total. The van der Waals surface area contributed by atoms with Crippen LogP contribution in [0.5, 0.6) is 0 Å². The lowest BCUT2D eigenvalue weighted by molar-refractivity contribution is 0.344. The van der Waals surface area contributed by atoms with E-state index in [9.17, 15) is 0 Å². The van der Waals surface area contributed by atoms with E-state index in [1.54, 1.807) is 11.3 Å². The van der Waals surface area contributed by atoms with Gasteiger partial charge in [0.2, 0.25) is 0 Å². The van der Waals surface area contributed by atoms with Crippen LogP contribution in [-0.2, 0) is 0 Å². The van der Waals surface area contributed by atoms with Gasteiger partial charge in [-0.1, -0.05) is 20.8 Å². The molecular formula is C12H23N3S. The Balaban J connectivity index is 2.52. The number of hydrogen-bond acceptors (Lipinski definition) is 4. The molecule has 0 aromatic carbocycles. The Bertz CT molecular complexity index is 280. The number of nitrogens with zero attached hydrogens (tertiary/aromatic N) is 1. The van der Waals surface area contributed by atoms with Crippen molar-refractivity contribution in [2.75, 3.05) is 6.54 Å². The van der Waals surface area contributed by atoms with E-state index < -0.39 is 0 Å². The quantitative estimate of drug-likeness (QED) is 0.771. The maximum Gasteiger partial charge on any atom is 0.109 e. The van der Waals surface area contributed by atoms with Gasteiger partial charge in [0, 0.05) is 23.7 Å². The molecule has 0 amide bonds. The van der Waals surface area contributed by atoms with E-state index in [2.05, 4.69) is 31.1 Å². The Kier molecular flexibility index (Phi) is 5.38. The predicted octanol–water partition coefficient (Wildman–Crippen LogP) is 2.70. The van der Waals surface area contributed by atoms with Crippen LogP contribution in [0.2, 0.25) is 0 Å². The Morgan fingerprint density at radius 3 is 2.56 bits per heavy atom. The van der Waals surface area contributed by atoms with Crippen LogP contribution in [0.1, 0.15) is 51.1 Å². The van der Waals surface area contributed by atoms with Crippen LogP contribution in [0.15, 0.2) is 11.6 Å². The third kappa shape index (κ3) is 3.54. The Morgan fingerprint density at radius 2 is 2.12 bits per heavy atom. The average Bonchev–Trinajstić information content (AvgIpc) is 2.83. The molecule has 0 aliphatic heterocycles. The lowest BCUT2D eigenvalue weighted by Crippen LogP contribution is -2.48. The highest BCUT2D eigenvalue weighted by atomic mass is 32.1. The van der Waals surface area contributed by atoms with E-state index in [-0.39, 0.29) is 5.54 Å². The van der Waals surface area contributed by atoms with E-state index in [1.807, 2.05) is 11.6 Å². The van der Waals surface area contributed by atoms with Gasteiger partial charge in [-0.05, 0) is 19.3 Å². The van der Waals surface area contributed by atoms with Crippen LogP contribution >= 0.6 is 11.3 Å². The number of nitrogens with one attached hydrogen (secondary N) is 1. The van der Waals surface area contributed by atoms with Crippen molar-refractivity contribution in [1.29, 1.82) is 0 Å². The number of hydrogen-bond donors (Lipinski definition) is 2. The fourth-order valence-corrected chi connectivity index (χ4v) is 2.44. The van der Waals surface area contributed by atoms with Gasteiger partial charge >= 0.3 is 0 Å². The van der Waals surface area contributed by atoms with Gasteiger partial charge in [0.1, 0.15) is 5.01 Å². The first-order chi connectivity index (χ1) is 7.65. The van der Waals surface area contributed by atoms with Gasteiger partial charge < -0.3 is 11.1 Å². The molecular weight excluding hydrogens is 218 g/mol. The van der Waals surface area contributed by atoms with Gasteiger partial charge in [-0.15, -0.1) is 11.3 Å². The Hall–Kier alpha value is -0.450. The molecule has 0 spiro atoms. The zero-order chi connectivity index (χ0) is 12.0. The highest BCUT2D eigenvalue weighted by Crippen LogP contribution is 2.20. The molecule has 0 bridgehead atoms. The van der Waals surface area contributed by atoms with Gasteiger partial charge in [0.25, 0.3) is 0 Å². The summed E-state index contributed by atoms with van der Waals surface area (Å²) in [6, 6.07) is 0.348. The van der Waals surface area contributed by atoms with E-state index in [0.29, 0.717) is 6.04 Å². The maximum atomic E-state index is 6.27. The molecule has 1 unspecified atom stereocenters. The lowest BCUT2D eigenvalue weighted by Gasteiger charge is -2.29. The molecule has 1 rings (SSSR count). The molecule has 0 saturated carbocycles. The summed E-state index contributed by atoms with van der Waals surface area (Å²) in [5.41, 5.74) is 6.19. The topological polar surface area (TPSA) is 50.9 Å². The summed E-state index contributed by atoms with van der Waals surface area (Å²) < 4.78 is 0. The summed E-state index contributed by atoms with van der Waals surface area (Å²) in [6.07, 6.45) is 4.92. The Morgan fingerprint density at radius 1 is 1.44 bits per heavy atom. The normalized spacial score (nSPS) is 14.0. The van der Waals surface area contributed by atoms with Crippen molar-refractivity contribution in [2.24, 2.45) is 5.73 Å². The van der Waals surface area contributed by atoms with Gasteiger partial charge in [-0.25, -0.2) is 4.98 Å². The monoisotopic (exact) mass is 241 g/mol. The predicted molar refractivity (Wildman–Crippen MR) is 70.6 cm³/mol. The zero-order valence-corrected chi connectivity index (χ0v) is 11.3. The highest BCUT2D eigenvalue weighted by Gasteiger charge is 2.22. The molecule has 1 aromatic rings. The van der Waals surface area contributed by atoms with Crippen LogP contribution in [0.4, 0.5) is 0 Å². The SMILES string of the molecule is CCC(NCC(N)(CC)CC)c1nccs1. The third-order valence-corrected chi connectivity index (χ3v) is 4.16. The van der Waals surface area contributed by atoms with Crippen molar-refractivity contribution < 1.29 is 0 Å². The van der Waals surface area contributed by atoms with Crippen LogP contribution < -0.4 is 11.1 Å². The van der Waals surface area contributed by atoms with E-state index >= 15 is 0 Å². The molecule has 1 aromatic heterocycles. The third-order valence-electron chi connectivity index (χ3n) is 3.27. The fraction of sp³-hybridized carbons (Fsp3) is 0.750. The Labute approximate surface area is 102 Å². The highest BCUT2D eigenvalue weighted by molar-refractivity contribution is 7.09. The zero-order valence-electron chi connectivity index (χ0n) is 10.5. The molecule has 92 valence electrons. The second-order valence-corrected chi connectivity index (χ2v) is 5.21. The second kappa shape index (κ2) is 6.33. The number of rotatable bonds is 7. The number of nitrogens with two attached hydrogens (primary N) is 1. The van der Waals surface area contributed by atoms with Crippen molar-refractivity contribution in [1.82, 2.24) is 10.3 Å². The van der Waals surface area contributed by atoms with E-state index in [1.165, 1.54) is 0 Å². The van der Waals surface area contributed by atoms with Gasteiger partial charge in [0.05, 0.1) is 6.04 Å². The van der Waals surface area contributed by atoms with Crippen LogP contribution in [0, 0.1) is 0 Å². The van der Waals surface area contributed by atoms with Gasteiger partial charge in [0.15, 0.2) is 0 Å². The summed E-state index contributed by atoms with van der Waals surface area (Å²) in [7, 11) is 0. The summed E-state index contributed by atoms with van der Waals surface area (Å²) in [6.45, 7) is 7.33. The molecule has 0 aliphatic rings. The van der Waals surface area contributed by atoms with Crippen LogP contribution in [-0.4, -0.2) is 17.1 Å². The molecule has 0 aliphatic carbocycles. The van der Waals surface area contributed by atoms with Crippen molar-refractivity contribution in [3.05, 3.63) is 16.6 Å². The minimum absolute atomic E-state index is 0.0787. The van der Waals surface area contributed by atoms with E-state index in [4.69, 9.17) is 5.73 Å². The standard InChI is InChI=1S/C12H23N3S/c1-4-10(11-14-7-8-16-11)15-9-12(13,5-2)6-3/h7-8,10,15H,4-6,9,13H2,1-3H3. The molecule has 16 heavy (non-hydrogen) atoms. The van der Waals surface area contributed by atoms with Crippen molar-refractivity contribution in [2.45, 2.75) is 51.6 Å². The van der Waals surface area contributed by atoms with Crippen molar-refractivity contribution >= 4 is 11.3 Å². The first-order valence-electron chi connectivity index (χ1n) is 6.06. The fourth-order valence-electron chi connectivity index (χ4n) is 1.64. The van der Waals surface area contributed by atoms with Gasteiger partial charge in [-0.3, -0.25) is 0 Å². The largest absolute Gasteiger partial charge is 0.324 e. The average molecular weight is 241 g/mol. The summed E-state index contributed by atoms with van der Waals surface area (Å²) >= 11 is 1.71. The first-order valence-corrected chi connectivity index (χ1v) is 6.94. The van der Waals surface area contributed by atoms with Crippen LogP contribution in [0.3, 0.4) is 0 Å². The van der Waals surface area contributed by atoms with Crippen LogP contribution in [0.25, 0.3) is 0 Å². The summed E-state index contributed by atoms with van der Waals surface area (Å²) in [5.74, 6) is 0. The summed E-state index contributed by atoms with van der Waals surface area (Å²) in [5, 5.41) is 6.72. The number of aromatic nitrogens is 1. The second-order valence-electron chi connectivity index (χ2n) is 4.28. The number of thiazole rings is 1. The smallest absolute Gasteiger partial charge is 0.109 e. The lowest BCUT2D eigenvalue weighted by atomic mass is 9.94. The van der Waals surface area contributed by atoms with Crippen molar-refractivity contribution in [3.63, 3.8) is 0 Å². The molecule has 0 saturated heterocycles. The maximum absolute atomic E-state index is 6.27. The molecule has 0 radical (unpaired) electrons. The molecule has 3 nitrogen and oxygen atoms in total. The first kappa shape index (κ1) is 13.6. The molecule has 4 heteroatoms. The molecule has 1 atom stereocenters. The van der Waals surface area contributed by atoms with Crippen molar-refractivity contribution in [3.8, 4) is 0 Å². The molecule has 0 fully saturated rings. The minimum atomic E-state index is -0.0787. The summed E-state index contributed by atoms with van der Waals surface area (Å²) in [4.78, 5) is 4.35. The van der Waals surface area contributed by atoms with Gasteiger partial charge in [-0.2, -0.15) is 0 Å². The van der Waals surface area contributed by atoms with E-state index in [0.717, 1.165) is 30.8 Å².